The zero-order chi connectivity index (χ0) is 19.2. The van der Waals surface area contributed by atoms with Crippen LogP contribution in [0.2, 0.25) is 0 Å². The van der Waals surface area contributed by atoms with Gasteiger partial charge in [-0.3, -0.25) is 15.1 Å². The van der Waals surface area contributed by atoms with E-state index < -0.39 is 4.92 Å². The van der Waals surface area contributed by atoms with Gasteiger partial charge in [0, 0.05) is 51.1 Å². The minimum atomic E-state index is -0.423. The lowest BCUT2D eigenvalue weighted by atomic mass is 10.2. The van der Waals surface area contributed by atoms with Gasteiger partial charge in [-0.15, -0.1) is 0 Å². The molecule has 1 saturated heterocycles. The predicted molar refractivity (Wildman–Crippen MR) is 101 cm³/mol. The molecule has 1 unspecified atom stereocenters. The molecule has 1 fully saturated rings. The molecule has 142 valence electrons. The third kappa shape index (κ3) is 4.69. The van der Waals surface area contributed by atoms with Crippen LogP contribution in [0.5, 0.6) is 0 Å². The summed E-state index contributed by atoms with van der Waals surface area (Å²) in [5.41, 5.74) is 0.973. The van der Waals surface area contributed by atoms with Gasteiger partial charge in [-0.25, -0.2) is 9.37 Å². The summed E-state index contributed by atoms with van der Waals surface area (Å²) in [5.74, 6) is 0.677. The zero-order valence-corrected chi connectivity index (χ0v) is 14.9. The van der Waals surface area contributed by atoms with Crippen LogP contribution in [0, 0.1) is 15.9 Å². The van der Waals surface area contributed by atoms with Crippen LogP contribution in [-0.2, 0) is 6.54 Å². The molecule has 1 aromatic carbocycles. The maximum Gasteiger partial charge on any atom is 0.269 e. The van der Waals surface area contributed by atoms with Crippen molar-refractivity contribution in [3.63, 3.8) is 0 Å². The third-order valence-corrected chi connectivity index (χ3v) is 4.40. The van der Waals surface area contributed by atoms with Gasteiger partial charge in [0.25, 0.3) is 5.69 Å². The molecule has 0 saturated carbocycles. The van der Waals surface area contributed by atoms with Crippen LogP contribution in [0.25, 0.3) is 0 Å². The van der Waals surface area contributed by atoms with E-state index in [4.69, 9.17) is 0 Å². The summed E-state index contributed by atoms with van der Waals surface area (Å²) < 4.78 is 13.9. The molecule has 3 rings (SSSR count). The normalized spacial score (nSPS) is 17.0. The summed E-state index contributed by atoms with van der Waals surface area (Å²) in [6, 6.07) is 9.48. The molecule has 2 aromatic rings. The highest BCUT2D eigenvalue weighted by molar-refractivity contribution is 5.80. The topological polar surface area (TPSA) is 95.7 Å². The maximum absolute atomic E-state index is 13.9. The molecule has 0 radical (unpaired) electrons. The molecule has 0 aliphatic carbocycles. The Bertz CT molecular complexity index is 827. The maximum atomic E-state index is 13.9. The number of rotatable bonds is 5. The second-order valence-electron chi connectivity index (χ2n) is 6.23. The average molecular weight is 372 g/mol. The minimum absolute atomic E-state index is 0.0639. The van der Waals surface area contributed by atoms with Gasteiger partial charge >= 0.3 is 0 Å². The number of guanidine groups is 1. The highest BCUT2D eigenvalue weighted by Crippen LogP contribution is 2.20. The lowest BCUT2D eigenvalue weighted by molar-refractivity contribution is -0.384. The number of nitro groups is 1. The quantitative estimate of drug-likeness (QED) is 0.361. The smallest absolute Gasteiger partial charge is 0.269 e. The molecule has 1 aliphatic heterocycles. The van der Waals surface area contributed by atoms with Crippen molar-refractivity contribution < 1.29 is 9.31 Å². The van der Waals surface area contributed by atoms with Gasteiger partial charge in [0.2, 0.25) is 0 Å². The molecule has 1 aliphatic rings. The number of anilines is 1. The molecule has 0 bridgehead atoms. The van der Waals surface area contributed by atoms with Crippen molar-refractivity contribution in [1.82, 2.24) is 15.6 Å². The highest BCUT2D eigenvalue weighted by Gasteiger charge is 2.25. The number of benzene rings is 1. The Morgan fingerprint density at radius 1 is 1.41 bits per heavy atom. The molecule has 1 aromatic heterocycles. The van der Waals surface area contributed by atoms with E-state index in [1.807, 2.05) is 4.90 Å². The van der Waals surface area contributed by atoms with Crippen molar-refractivity contribution in [3.05, 3.63) is 64.1 Å². The van der Waals surface area contributed by atoms with E-state index in [0.717, 1.165) is 12.0 Å². The van der Waals surface area contributed by atoms with E-state index in [1.54, 1.807) is 31.4 Å². The van der Waals surface area contributed by atoms with Crippen molar-refractivity contribution in [3.8, 4) is 0 Å². The van der Waals surface area contributed by atoms with E-state index >= 15 is 0 Å². The van der Waals surface area contributed by atoms with Gasteiger partial charge in [0.1, 0.15) is 0 Å². The number of hydrogen-bond donors (Lipinski definition) is 2. The molecule has 1 atom stereocenters. The van der Waals surface area contributed by atoms with Gasteiger partial charge in [0.05, 0.1) is 4.92 Å². The summed E-state index contributed by atoms with van der Waals surface area (Å²) >= 11 is 0. The van der Waals surface area contributed by atoms with Gasteiger partial charge in [0.15, 0.2) is 17.6 Å². The lowest BCUT2D eigenvalue weighted by Crippen LogP contribution is -2.44. The van der Waals surface area contributed by atoms with E-state index in [9.17, 15) is 14.5 Å². The Kier molecular flexibility index (Phi) is 5.80. The van der Waals surface area contributed by atoms with Crippen LogP contribution >= 0.6 is 0 Å². The highest BCUT2D eigenvalue weighted by atomic mass is 19.1. The lowest BCUT2D eigenvalue weighted by Gasteiger charge is -2.20. The number of nitrogens with zero attached hydrogens (tertiary/aromatic N) is 4. The van der Waals surface area contributed by atoms with Crippen LogP contribution in [0.1, 0.15) is 12.0 Å². The first-order valence-corrected chi connectivity index (χ1v) is 8.63. The molecule has 0 spiro atoms. The molecule has 0 amide bonds. The number of aliphatic imine (C=N–C) groups is 1. The van der Waals surface area contributed by atoms with Crippen molar-refractivity contribution in [2.75, 3.05) is 25.0 Å². The van der Waals surface area contributed by atoms with Gasteiger partial charge in [-0.1, -0.05) is 12.1 Å². The Labute approximate surface area is 156 Å². The van der Waals surface area contributed by atoms with Crippen molar-refractivity contribution in [2.24, 2.45) is 4.99 Å². The van der Waals surface area contributed by atoms with Crippen LogP contribution in [-0.4, -0.2) is 42.0 Å². The first kappa shape index (κ1) is 18.6. The Morgan fingerprint density at radius 3 is 2.85 bits per heavy atom. The molecule has 8 nitrogen and oxygen atoms in total. The number of nitrogens with one attached hydrogen (secondary N) is 2. The second-order valence-corrected chi connectivity index (χ2v) is 6.23. The summed E-state index contributed by atoms with van der Waals surface area (Å²) in [6.07, 6.45) is 2.43. The average Bonchev–Trinajstić information content (AvgIpc) is 3.14. The first-order valence-electron chi connectivity index (χ1n) is 8.63. The summed E-state index contributed by atoms with van der Waals surface area (Å²) in [5, 5.41) is 17.2. The standard InChI is InChI=1S/C18H21FN6O2/c1-20-18(22-11-13-4-6-15(7-5-13)25(26)27)23-14-8-10-24(12-14)17-16(19)3-2-9-21-17/h2-7,9,14H,8,10-12H2,1H3,(H2,20,22,23). The first-order chi connectivity index (χ1) is 13.1. The van der Waals surface area contributed by atoms with Crippen LogP contribution in [0.15, 0.2) is 47.6 Å². The summed E-state index contributed by atoms with van der Waals surface area (Å²) in [4.78, 5) is 20.5. The monoisotopic (exact) mass is 372 g/mol. The fourth-order valence-electron chi connectivity index (χ4n) is 2.99. The van der Waals surface area contributed by atoms with E-state index in [0.29, 0.717) is 31.4 Å². The van der Waals surface area contributed by atoms with Gasteiger partial charge in [-0.2, -0.15) is 0 Å². The number of aromatic nitrogens is 1. The fourth-order valence-corrected chi connectivity index (χ4v) is 2.99. The predicted octanol–water partition coefficient (Wildman–Crippen LogP) is 2.07. The summed E-state index contributed by atoms with van der Waals surface area (Å²) in [7, 11) is 1.68. The van der Waals surface area contributed by atoms with Gasteiger partial charge in [-0.05, 0) is 24.1 Å². The van der Waals surface area contributed by atoms with Crippen molar-refractivity contribution >= 4 is 17.5 Å². The summed E-state index contributed by atoms with van der Waals surface area (Å²) in [6.45, 7) is 1.83. The molecular weight excluding hydrogens is 351 g/mol. The van der Waals surface area contributed by atoms with Crippen LogP contribution in [0.3, 0.4) is 0 Å². The minimum Gasteiger partial charge on any atom is -0.352 e. The van der Waals surface area contributed by atoms with E-state index in [1.165, 1.54) is 18.2 Å². The van der Waals surface area contributed by atoms with Crippen molar-refractivity contribution in [2.45, 2.75) is 19.0 Å². The number of halogens is 1. The molecule has 9 heteroatoms. The Balaban J connectivity index is 1.52. The Morgan fingerprint density at radius 2 is 2.19 bits per heavy atom. The molecule has 2 N–H and O–H groups in total. The zero-order valence-electron chi connectivity index (χ0n) is 14.9. The van der Waals surface area contributed by atoms with E-state index in [-0.39, 0.29) is 17.5 Å². The second kappa shape index (κ2) is 8.43. The van der Waals surface area contributed by atoms with E-state index in [2.05, 4.69) is 20.6 Å². The van der Waals surface area contributed by atoms with Crippen LogP contribution in [0.4, 0.5) is 15.9 Å². The van der Waals surface area contributed by atoms with Crippen molar-refractivity contribution in [1.29, 1.82) is 0 Å². The molecule has 2 heterocycles. The molecule has 27 heavy (non-hydrogen) atoms. The molecular formula is C18H21FN6O2. The fraction of sp³-hybridized carbons (Fsp3) is 0.333. The number of nitro benzene ring substituents is 1. The number of non-ortho nitro benzene ring substituents is 1. The third-order valence-electron chi connectivity index (χ3n) is 4.40. The Hall–Kier alpha value is -3.23. The largest absolute Gasteiger partial charge is 0.352 e. The number of pyridine rings is 1. The van der Waals surface area contributed by atoms with Gasteiger partial charge < -0.3 is 15.5 Å². The SMILES string of the molecule is CN=C(NCc1ccc([N+](=O)[O-])cc1)NC1CCN(c2ncccc2F)C1. The number of hydrogen-bond acceptors (Lipinski definition) is 5. The van der Waals surface area contributed by atoms with Crippen LogP contribution < -0.4 is 15.5 Å².